The lowest BCUT2D eigenvalue weighted by atomic mass is 10.2. The van der Waals surface area contributed by atoms with Gasteiger partial charge in [-0.25, -0.2) is 0 Å². The Labute approximate surface area is 105 Å². The van der Waals surface area contributed by atoms with Crippen LogP contribution in [0, 0.1) is 0 Å². The third-order valence-electron chi connectivity index (χ3n) is 2.70. The average molecular weight is 258 g/mol. The molecular formula is C10H16ClN5O. The molecule has 0 aliphatic carbocycles. The van der Waals surface area contributed by atoms with Gasteiger partial charge in [0.2, 0.25) is 17.2 Å². The topological polar surface area (TPSA) is 63.2 Å². The second-order valence-corrected chi connectivity index (χ2v) is 4.22. The summed E-state index contributed by atoms with van der Waals surface area (Å²) in [6, 6.07) is 0.308. The number of likely N-dealkylation sites (N-methyl/N-ethyl adjacent to an activating group) is 1. The third kappa shape index (κ3) is 2.95. The highest BCUT2D eigenvalue weighted by atomic mass is 35.5. The summed E-state index contributed by atoms with van der Waals surface area (Å²) in [5.41, 5.74) is 0. The molecule has 1 aromatic rings. The van der Waals surface area contributed by atoms with Gasteiger partial charge in [0.15, 0.2) is 0 Å². The van der Waals surface area contributed by atoms with Crippen LogP contribution in [0.2, 0.25) is 5.28 Å². The Morgan fingerprint density at radius 2 is 2.29 bits per heavy atom. The van der Waals surface area contributed by atoms with E-state index >= 15 is 0 Å². The van der Waals surface area contributed by atoms with E-state index in [9.17, 15) is 0 Å². The summed E-state index contributed by atoms with van der Waals surface area (Å²) in [6.45, 7) is 4.21. The van der Waals surface area contributed by atoms with Crippen LogP contribution in [0.4, 0.5) is 11.9 Å². The first kappa shape index (κ1) is 12.3. The molecule has 1 N–H and O–H groups in total. The Balaban J connectivity index is 2.18. The number of hydrogen-bond acceptors (Lipinski definition) is 6. The molecule has 1 aliphatic heterocycles. The monoisotopic (exact) mass is 257 g/mol. The smallest absolute Gasteiger partial charge is 0.231 e. The lowest BCUT2D eigenvalue weighted by Gasteiger charge is -2.23. The first-order valence-electron chi connectivity index (χ1n) is 5.66. The first-order chi connectivity index (χ1) is 8.20. The molecule has 17 heavy (non-hydrogen) atoms. The molecule has 1 aromatic heterocycles. The molecule has 2 rings (SSSR count). The molecule has 0 spiro atoms. The van der Waals surface area contributed by atoms with Crippen molar-refractivity contribution in [1.82, 2.24) is 15.0 Å². The largest absolute Gasteiger partial charge is 0.379 e. The fourth-order valence-corrected chi connectivity index (χ4v) is 1.88. The molecule has 1 atom stereocenters. The Morgan fingerprint density at radius 3 is 2.94 bits per heavy atom. The summed E-state index contributed by atoms with van der Waals surface area (Å²) in [6.07, 6.45) is 0.982. The maximum atomic E-state index is 5.88. The fraction of sp³-hybridized carbons (Fsp3) is 0.700. The average Bonchev–Trinajstić information content (AvgIpc) is 2.81. The van der Waals surface area contributed by atoms with Crippen molar-refractivity contribution in [1.29, 1.82) is 0 Å². The number of anilines is 2. The molecule has 1 fully saturated rings. The highest BCUT2D eigenvalue weighted by Crippen LogP contribution is 2.18. The van der Waals surface area contributed by atoms with Gasteiger partial charge in [0.1, 0.15) is 0 Å². The Morgan fingerprint density at radius 1 is 1.47 bits per heavy atom. The van der Waals surface area contributed by atoms with E-state index in [-0.39, 0.29) is 5.28 Å². The van der Waals surface area contributed by atoms with Crippen LogP contribution in [0.3, 0.4) is 0 Å². The standard InChI is InChI=1S/C10H16ClN5O/c1-3-12-9-13-8(11)14-10(15-9)16(2)7-4-5-17-6-7/h7H,3-6H2,1-2H3,(H,12,13,14,15). The van der Waals surface area contributed by atoms with Crippen LogP contribution in [0.15, 0.2) is 0 Å². The van der Waals surface area contributed by atoms with E-state index in [1.54, 1.807) is 0 Å². The number of hydrogen-bond donors (Lipinski definition) is 1. The van der Waals surface area contributed by atoms with E-state index in [2.05, 4.69) is 20.3 Å². The van der Waals surface area contributed by atoms with Gasteiger partial charge in [0.25, 0.3) is 0 Å². The number of nitrogens with zero attached hydrogens (tertiary/aromatic N) is 4. The van der Waals surface area contributed by atoms with Crippen LogP contribution < -0.4 is 10.2 Å². The summed E-state index contributed by atoms with van der Waals surface area (Å²) in [5.74, 6) is 1.09. The fourth-order valence-electron chi connectivity index (χ4n) is 1.73. The Bertz CT molecular complexity index is 383. The molecule has 94 valence electrons. The third-order valence-corrected chi connectivity index (χ3v) is 2.87. The molecule has 7 heteroatoms. The molecule has 0 saturated carbocycles. The number of halogens is 1. The van der Waals surface area contributed by atoms with E-state index in [4.69, 9.17) is 16.3 Å². The summed E-state index contributed by atoms with van der Waals surface area (Å²) < 4.78 is 5.35. The molecule has 0 aromatic carbocycles. The van der Waals surface area contributed by atoms with E-state index in [0.717, 1.165) is 19.6 Å². The van der Waals surface area contributed by atoms with Gasteiger partial charge < -0.3 is 15.0 Å². The van der Waals surface area contributed by atoms with Gasteiger partial charge >= 0.3 is 0 Å². The Hall–Kier alpha value is -1.14. The van der Waals surface area contributed by atoms with Gasteiger partial charge in [0.05, 0.1) is 12.6 Å². The molecule has 0 radical (unpaired) electrons. The van der Waals surface area contributed by atoms with Crippen LogP contribution in [0.1, 0.15) is 13.3 Å². The number of ether oxygens (including phenoxy) is 1. The maximum absolute atomic E-state index is 5.88. The predicted octanol–water partition coefficient (Wildman–Crippen LogP) is 1.18. The van der Waals surface area contributed by atoms with Crippen molar-refractivity contribution in [2.24, 2.45) is 0 Å². The summed E-state index contributed by atoms with van der Waals surface area (Å²) in [4.78, 5) is 14.4. The second kappa shape index (κ2) is 5.46. The zero-order chi connectivity index (χ0) is 12.3. The van der Waals surface area contributed by atoms with Gasteiger partial charge in [0, 0.05) is 20.2 Å². The van der Waals surface area contributed by atoms with Gasteiger partial charge in [-0.15, -0.1) is 0 Å². The van der Waals surface area contributed by atoms with E-state index in [1.807, 2.05) is 18.9 Å². The van der Waals surface area contributed by atoms with Crippen molar-refractivity contribution in [3.05, 3.63) is 5.28 Å². The first-order valence-corrected chi connectivity index (χ1v) is 6.04. The van der Waals surface area contributed by atoms with Crippen molar-refractivity contribution >= 4 is 23.5 Å². The second-order valence-electron chi connectivity index (χ2n) is 3.89. The van der Waals surface area contributed by atoms with Crippen LogP contribution in [-0.2, 0) is 4.74 Å². The summed E-state index contributed by atoms with van der Waals surface area (Å²) >= 11 is 5.88. The molecule has 0 bridgehead atoms. The van der Waals surface area contributed by atoms with Crippen LogP contribution in [-0.4, -0.2) is 47.8 Å². The lowest BCUT2D eigenvalue weighted by Crippen LogP contribution is -2.33. The molecule has 1 aliphatic rings. The van der Waals surface area contributed by atoms with Gasteiger partial charge in [-0.3, -0.25) is 0 Å². The zero-order valence-corrected chi connectivity index (χ0v) is 10.7. The van der Waals surface area contributed by atoms with Gasteiger partial charge in [-0.05, 0) is 24.9 Å². The van der Waals surface area contributed by atoms with Gasteiger partial charge in [-0.1, -0.05) is 0 Å². The SMILES string of the molecule is CCNc1nc(Cl)nc(N(C)C2CCOC2)n1. The van der Waals surface area contributed by atoms with E-state index < -0.39 is 0 Å². The number of rotatable bonds is 4. The van der Waals surface area contributed by atoms with Crippen molar-refractivity contribution < 1.29 is 4.74 Å². The Kier molecular flexibility index (Phi) is 3.96. The van der Waals surface area contributed by atoms with Gasteiger partial charge in [-0.2, -0.15) is 15.0 Å². The highest BCUT2D eigenvalue weighted by molar-refractivity contribution is 6.28. The summed E-state index contributed by atoms with van der Waals surface area (Å²) in [7, 11) is 1.95. The molecular weight excluding hydrogens is 242 g/mol. The van der Waals surface area contributed by atoms with E-state index in [1.165, 1.54) is 0 Å². The van der Waals surface area contributed by atoms with Crippen molar-refractivity contribution in [3.8, 4) is 0 Å². The van der Waals surface area contributed by atoms with Crippen molar-refractivity contribution in [2.75, 3.05) is 37.0 Å². The highest BCUT2D eigenvalue weighted by Gasteiger charge is 2.23. The molecule has 1 unspecified atom stereocenters. The molecule has 0 amide bonds. The predicted molar refractivity (Wildman–Crippen MR) is 66.6 cm³/mol. The van der Waals surface area contributed by atoms with Crippen LogP contribution >= 0.6 is 11.6 Å². The minimum Gasteiger partial charge on any atom is -0.379 e. The quantitative estimate of drug-likeness (QED) is 0.874. The number of aromatic nitrogens is 3. The summed E-state index contributed by atoms with van der Waals surface area (Å²) in [5, 5.41) is 3.23. The maximum Gasteiger partial charge on any atom is 0.231 e. The minimum absolute atomic E-state index is 0.205. The zero-order valence-electron chi connectivity index (χ0n) is 9.98. The minimum atomic E-state index is 0.205. The van der Waals surface area contributed by atoms with Crippen LogP contribution in [0.5, 0.6) is 0 Å². The lowest BCUT2D eigenvalue weighted by molar-refractivity contribution is 0.193. The normalized spacial score (nSPS) is 19.4. The molecule has 1 saturated heterocycles. The van der Waals surface area contributed by atoms with E-state index in [0.29, 0.717) is 24.5 Å². The van der Waals surface area contributed by atoms with Crippen molar-refractivity contribution in [3.63, 3.8) is 0 Å². The molecule has 2 heterocycles. The number of nitrogens with one attached hydrogen (secondary N) is 1. The molecule has 6 nitrogen and oxygen atoms in total. The van der Waals surface area contributed by atoms with Crippen molar-refractivity contribution in [2.45, 2.75) is 19.4 Å². The van der Waals surface area contributed by atoms with Crippen LogP contribution in [0.25, 0.3) is 0 Å².